The highest BCUT2D eigenvalue weighted by Crippen LogP contribution is 2.24. The van der Waals surface area contributed by atoms with Gasteiger partial charge in [0.25, 0.3) is 5.89 Å². The maximum absolute atomic E-state index is 9.46. The number of rotatable bonds is 3. The van der Waals surface area contributed by atoms with Crippen molar-refractivity contribution in [1.82, 2.24) is 10.1 Å². The van der Waals surface area contributed by atoms with Crippen LogP contribution in [-0.2, 0) is 0 Å². The molecule has 1 heterocycles. The van der Waals surface area contributed by atoms with Crippen LogP contribution in [0.15, 0.2) is 27.2 Å². The van der Waals surface area contributed by atoms with Crippen LogP contribution in [0.1, 0.15) is 17.6 Å². The normalized spacial score (nSPS) is 12.7. The van der Waals surface area contributed by atoms with Crippen LogP contribution in [0, 0.1) is 6.92 Å². The summed E-state index contributed by atoms with van der Waals surface area (Å²) in [4.78, 5) is 4.09. The lowest BCUT2D eigenvalue weighted by Gasteiger charge is -2.00. The van der Waals surface area contributed by atoms with E-state index in [1.165, 1.54) is 0 Å². The molecule has 1 atom stereocenters. The molecule has 0 bridgehead atoms. The van der Waals surface area contributed by atoms with Gasteiger partial charge in [0.15, 0.2) is 0 Å². The van der Waals surface area contributed by atoms with Gasteiger partial charge in [0, 0.05) is 16.6 Å². The third kappa shape index (κ3) is 2.54. The largest absolute Gasteiger partial charge is 0.382 e. The summed E-state index contributed by atoms with van der Waals surface area (Å²) in [6.07, 6.45) is -0.912. The zero-order valence-electron chi connectivity index (χ0n) is 9.22. The Labute approximate surface area is 107 Å². The minimum absolute atomic E-state index is 0.0548. The minimum Gasteiger partial charge on any atom is -0.382 e. The predicted octanol–water partition coefficient (Wildman–Crippen LogP) is 1.80. The van der Waals surface area contributed by atoms with Gasteiger partial charge in [0.05, 0.1) is 0 Å². The van der Waals surface area contributed by atoms with E-state index in [0.717, 1.165) is 15.6 Å². The Kier molecular flexibility index (Phi) is 3.56. The number of aliphatic hydroxyl groups is 1. The molecule has 0 fully saturated rings. The first-order valence-electron chi connectivity index (χ1n) is 5.10. The van der Waals surface area contributed by atoms with Crippen molar-refractivity contribution in [1.29, 1.82) is 0 Å². The van der Waals surface area contributed by atoms with E-state index in [1.807, 2.05) is 25.1 Å². The third-order valence-electron chi connectivity index (χ3n) is 2.38. The topological polar surface area (TPSA) is 85.2 Å². The van der Waals surface area contributed by atoms with Crippen molar-refractivity contribution in [3.05, 3.63) is 34.1 Å². The second-order valence-corrected chi connectivity index (χ2v) is 4.53. The second kappa shape index (κ2) is 4.95. The van der Waals surface area contributed by atoms with Crippen LogP contribution in [0.5, 0.6) is 0 Å². The standard InChI is InChI=1S/C11H12BrN3O2/c1-6-2-3-7(4-8(6)12)10-14-11(17-15-10)9(16)5-13/h2-4,9,16H,5,13H2,1H3. The number of hydrogen-bond donors (Lipinski definition) is 2. The molecule has 0 aliphatic rings. The van der Waals surface area contributed by atoms with E-state index in [4.69, 9.17) is 10.3 Å². The molecule has 0 amide bonds. The second-order valence-electron chi connectivity index (χ2n) is 3.67. The van der Waals surface area contributed by atoms with Gasteiger partial charge in [-0.2, -0.15) is 4.98 Å². The maximum Gasteiger partial charge on any atom is 0.257 e. The summed E-state index contributed by atoms with van der Waals surface area (Å²) in [5, 5.41) is 13.3. The lowest BCUT2D eigenvalue weighted by Crippen LogP contribution is -2.11. The van der Waals surface area contributed by atoms with Gasteiger partial charge in [-0.1, -0.05) is 33.2 Å². The molecule has 0 aliphatic carbocycles. The first kappa shape index (κ1) is 12.2. The van der Waals surface area contributed by atoms with Gasteiger partial charge in [0.1, 0.15) is 6.10 Å². The van der Waals surface area contributed by atoms with Crippen LogP contribution in [0.3, 0.4) is 0 Å². The summed E-state index contributed by atoms with van der Waals surface area (Å²) < 4.78 is 5.91. The molecule has 6 heteroatoms. The molecule has 0 radical (unpaired) electrons. The number of aromatic nitrogens is 2. The Morgan fingerprint density at radius 3 is 2.94 bits per heavy atom. The third-order valence-corrected chi connectivity index (χ3v) is 3.23. The molecule has 1 aromatic carbocycles. The minimum atomic E-state index is -0.912. The van der Waals surface area contributed by atoms with E-state index in [-0.39, 0.29) is 12.4 Å². The number of nitrogens with two attached hydrogens (primary N) is 1. The molecule has 1 aromatic heterocycles. The van der Waals surface area contributed by atoms with Crippen LogP contribution in [0.4, 0.5) is 0 Å². The van der Waals surface area contributed by atoms with Crippen molar-refractivity contribution in [3.63, 3.8) is 0 Å². The van der Waals surface area contributed by atoms with Crippen LogP contribution in [-0.4, -0.2) is 21.8 Å². The van der Waals surface area contributed by atoms with Crippen LogP contribution in [0.25, 0.3) is 11.4 Å². The summed E-state index contributed by atoms with van der Waals surface area (Å²) in [6.45, 7) is 2.05. The van der Waals surface area contributed by atoms with Gasteiger partial charge in [-0.25, -0.2) is 0 Å². The predicted molar refractivity (Wildman–Crippen MR) is 66.2 cm³/mol. The molecule has 17 heavy (non-hydrogen) atoms. The molecule has 0 saturated heterocycles. The number of halogens is 1. The van der Waals surface area contributed by atoms with E-state index in [0.29, 0.717) is 5.82 Å². The Hall–Kier alpha value is -1.24. The molecular weight excluding hydrogens is 286 g/mol. The summed E-state index contributed by atoms with van der Waals surface area (Å²) in [7, 11) is 0. The maximum atomic E-state index is 9.46. The Bertz CT molecular complexity index is 527. The monoisotopic (exact) mass is 297 g/mol. The van der Waals surface area contributed by atoms with E-state index >= 15 is 0 Å². The Morgan fingerprint density at radius 2 is 2.29 bits per heavy atom. The number of nitrogens with zero attached hydrogens (tertiary/aromatic N) is 2. The fourth-order valence-corrected chi connectivity index (χ4v) is 1.70. The smallest absolute Gasteiger partial charge is 0.257 e. The molecule has 0 saturated carbocycles. The lowest BCUT2D eigenvalue weighted by atomic mass is 10.1. The van der Waals surface area contributed by atoms with Crippen molar-refractivity contribution < 1.29 is 9.63 Å². The average molecular weight is 298 g/mol. The van der Waals surface area contributed by atoms with Gasteiger partial charge in [-0.15, -0.1) is 0 Å². The van der Waals surface area contributed by atoms with Crippen LogP contribution < -0.4 is 5.73 Å². The van der Waals surface area contributed by atoms with E-state index < -0.39 is 6.10 Å². The highest BCUT2D eigenvalue weighted by molar-refractivity contribution is 9.10. The SMILES string of the molecule is Cc1ccc(-c2noc(C(O)CN)n2)cc1Br. The first-order valence-corrected chi connectivity index (χ1v) is 5.89. The van der Waals surface area contributed by atoms with Gasteiger partial charge < -0.3 is 15.4 Å². The molecular formula is C11H12BrN3O2. The average Bonchev–Trinajstić information content (AvgIpc) is 2.81. The highest BCUT2D eigenvalue weighted by Gasteiger charge is 2.15. The van der Waals surface area contributed by atoms with Gasteiger partial charge in [-0.3, -0.25) is 0 Å². The zero-order valence-corrected chi connectivity index (χ0v) is 10.8. The Balaban J connectivity index is 2.33. The van der Waals surface area contributed by atoms with E-state index in [2.05, 4.69) is 26.1 Å². The van der Waals surface area contributed by atoms with E-state index in [9.17, 15) is 5.11 Å². The fourth-order valence-electron chi connectivity index (χ4n) is 1.32. The molecule has 0 aliphatic heterocycles. The summed E-state index contributed by atoms with van der Waals surface area (Å²) in [5.41, 5.74) is 7.26. The van der Waals surface area contributed by atoms with Crippen molar-refractivity contribution in [2.45, 2.75) is 13.0 Å². The van der Waals surface area contributed by atoms with Gasteiger partial charge in [-0.05, 0) is 18.6 Å². The fraction of sp³-hybridized carbons (Fsp3) is 0.273. The number of benzene rings is 1. The van der Waals surface area contributed by atoms with Gasteiger partial charge >= 0.3 is 0 Å². The number of hydrogen-bond acceptors (Lipinski definition) is 5. The van der Waals surface area contributed by atoms with Crippen LogP contribution >= 0.6 is 15.9 Å². The van der Waals surface area contributed by atoms with Crippen molar-refractivity contribution >= 4 is 15.9 Å². The highest BCUT2D eigenvalue weighted by atomic mass is 79.9. The van der Waals surface area contributed by atoms with Crippen molar-refractivity contribution in [2.75, 3.05) is 6.54 Å². The quantitative estimate of drug-likeness (QED) is 0.902. The molecule has 90 valence electrons. The number of aryl methyl sites for hydroxylation is 1. The zero-order chi connectivity index (χ0) is 12.4. The van der Waals surface area contributed by atoms with Crippen LogP contribution in [0.2, 0.25) is 0 Å². The molecule has 0 spiro atoms. The lowest BCUT2D eigenvalue weighted by molar-refractivity contribution is 0.141. The van der Waals surface area contributed by atoms with Crippen molar-refractivity contribution in [2.24, 2.45) is 5.73 Å². The molecule has 1 unspecified atom stereocenters. The molecule has 2 aromatic rings. The van der Waals surface area contributed by atoms with Crippen molar-refractivity contribution in [3.8, 4) is 11.4 Å². The summed E-state index contributed by atoms with van der Waals surface area (Å²) in [5.74, 6) is 0.576. The van der Waals surface area contributed by atoms with E-state index in [1.54, 1.807) is 0 Å². The summed E-state index contributed by atoms with van der Waals surface area (Å²) >= 11 is 3.44. The number of aliphatic hydroxyl groups excluding tert-OH is 1. The molecule has 3 N–H and O–H groups in total. The molecule has 5 nitrogen and oxygen atoms in total. The summed E-state index contributed by atoms with van der Waals surface area (Å²) in [6, 6.07) is 5.75. The van der Waals surface area contributed by atoms with Gasteiger partial charge in [0.2, 0.25) is 5.82 Å². The Morgan fingerprint density at radius 1 is 1.53 bits per heavy atom. The molecule has 2 rings (SSSR count). The first-order chi connectivity index (χ1) is 8.11.